The number of halogens is 1. The highest BCUT2D eigenvalue weighted by atomic mass is 35.5. The second kappa shape index (κ2) is 4.93. The smallest absolute Gasteiger partial charge is 0.149 e. The number of hydrogen-bond acceptors (Lipinski definition) is 4. The van der Waals surface area contributed by atoms with Crippen molar-refractivity contribution in [3.8, 4) is 0 Å². The summed E-state index contributed by atoms with van der Waals surface area (Å²) in [7, 11) is 0. The minimum absolute atomic E-state index is 0.328. The van der Waals surface area contributed by atoms with Gasteiger partial charge in [0, 0.05) is 11.6 Å². The fraction of sp³-hybridized carbons (Fsp3) is 0.0833. The number of benzene rings is 1. The van der Waals surface area contributed by atoms with Crippen molar-refractivity contribution in [2.24, 2.45) is 0 Å². The minimum atomic E-state index is 0.328. The van der Waals surface area contributed by atoms with Gasteiger partial charge in [0.1, 0.15) is 11.6 Å². The highest BCUT2D eigenvalue weighted by molar-refractivity contribution is 6.31. The van der Waals surface area contributed by atoms with Crippen molar-refractivity contribution in [3.05, 3.63) is 47.0 Å². The van der Waals surface area contributed by atoms with Gasteiger partial charge in [0.05, 0.1) is 5.69 Å². The standard InChI is InChI=1S/C12H13ClN4/c13-9-4-2-1-3-8(9)7-16-11-6-5-10(14)12(15)17-11/h1-6H,7,14H2,(H3,15,16,17). The van der Waals surface area contributed by atoms with Crippen LogP contribution < -0.4 is 16.8 Å². The first-order chi connectivity index (χ1) is 8.16. The van der Waals surface area contributed by atoms with Crippen LogP contribution in [0.4, 0.5) is 17.3 Å². The van der Waals surface area contributed by atoms with Crippen LogP contribution in [0.25, 0.3) is 0 Å². The molecule has 0 aliphatic heterocycles. The maximum Gasteiger partial charge on any atom is 0.149 e. The van der Waals surface area contributed by atoms with Crippen LogP contribution in [-0.2, 0) is 6.54 Å². The van der Waals surface area contributed by atoms with Crippen LogP contribution in [0, 0.1) is 0 Å². The Kier molecular flexibility index (Phi) is 3.35. The average Bonchev–Trinajstić information content (AvgIpc) is 2.32. The van der Waals surface area contributed by atoms with Gasteiger partial charge in [-0.25, -0.2) is 4.98 Å². The van der Waals surface area contributed by atoms with Crippen LogP contribution in [-0.4, -0.2) is 4.98 Å². The second-order valence-corrected chi connectivity index (χ2v) is 4.02. The van der Waals surface area contributed by atoms with E-state index in [0.29, 0.717) is 23.9 Å². The van der Waals surface area contributed by atoms with Crippen LogP contribution in [0.2, 0.25) is 5.02 Å². The molecule has 0 unspecified atom stereocenters. The van der Waals surface area contributed by atoms with Gasteiger partial charge in [-0.2, -0.15) is 0 Å². The van der Waals surface area contributed by atoms with Crippen LogP contribution in [0.3, 0.4) is 0 Å². The van der Waals surface area contributed by atoms with E-state index in [9.17, 15) is 0 Å². The Labute approximate surface area is 105 Å². The molecule has 0 atom stereocenters. The third-order valence-corrected chi connectivity index (χ3v) is 2.74. The molecule has 0 radical (unpaired) electrons. The third kappa shape index (κ3) is 2.79. The van der Waals surface area contributed by atoms with Gasteiger partial charge < -0.3 is 16.8 Å². The molecule has 5 N–H and O–H groups in total. The van der Waals surface area contributed by atoms with Gasteiger partial charge in [-0.15, -0.1) is 0 Å². The lowest BCUT2D eigenvalue weighted by molar-refractivity contribution is 1.11. The highest BCUT2D eigenvalue weighted by Crippen LogP contribution is 2.18. The number of pyridine rings is 1. The predicted molar refractivity (Wildman–Crippen MR) is 71.8 cm³/mol. The van der Waals surface area contributed by atoms with Crippen molar-refractivity contribution in [2.75, 3.05) is 16.8 Å². The maximum atomic E-state index is 6.04. The molecule has 0 amide bonds. The Hall–Kier alpha value is -1.94. The molecule has 17 heavy (non-hydrogen) atoms. The van der Waals surface area contributed by atoms with Gasteiger partial charge in [-0.3, -0.25) is 0 Å². The third-order valence-electron chi connectivity index (χ3n) is 2.38. The van der Waals surface area contributed by atoms with Crippen LogP contribution in [0.5, 0.6) is 0 Å². The Morgan fingerprint density at radius 1 is 1.12 bits per heavy atom. The fourth-order valence-electron chi connectivity index (χ4n) is 1.41. The summed E-state index contributed by atoms with van der Waals surface area (Å²) in [5, 5.41) is 3.86. The molecule has 0 saturated carbocycles. The molecule has 0 bridgehead atoms. The number of aromatic nitrogens is 1. The van der Waals surface area contributed by atoms with Crippen LogP contribution in [0.15, 0.2) is 36.4 Å². The van der Waals surface area contributed by atoms with Gasteiger partial charge in [0.25, 0.3) is 0 Å². The number of anilines is 3. The number of rotatable bonds is 3. The van der Waals surface area contributed by atoms with E-state index in [0.717, 1.165) is 10.6 Å². The van der Waals surface area contributed by atoms with Crippen molar-refractivity contribution >= 4 is 28.9 Å². The highest BCUT2D eigenvalue weighted by Gasteiger charge is 2.01. The molecule has 2 rings (SSSR count). The van der Waals surface area contributed by atoms with Gasteiger partial charge in [0.15, 0.2) is 0 Å². The van der Waals surface area contributed by atoms with E-state index in [-0.39, 0.29) is 0 Å². The molecular weight excluding hydrogens is 236 g/mol. The Bertz CT molecular complexity index is 528. The zero-order valence-corrected chi connectivity index (χ0v) is 9.91. The number of nitrogen functional groups attached to an aromatic ring is 2. The van der Waals surface area contributed by atoms with Crippen LogP contribution >= 0.6 is 11.6 Å². The predicted octanol–water partition coefficient (Wildman–Crippen LogP) is 2.51. The van der Waals surface area contributed by atoms with Crippen molar-refractivity contribution in [1.82, 2.24) is 4.98 Å². The van der Waals surface area contributed by atoms with Crippen molar-refractivity contribution < 1.29 is 0 Å². The molecule has 0 saturated heterocycles. The first-order valence-electron chi connectivity index (χ1n) is 5.16. The average molecular weight is 249 g/mol. The topological polar surface area (TPSA) is 77.0 Å². The van der Waals surface area contributed by atoms with Gasteiger partial charge in [-0.05, 0) is 23.8 Å². The number of nitrogens with two attached hydrogens (primary N) is 2. The van der Waals surface area contributed by atoms with E-state index in [2.05, 4.69) is 10.3 Å². The molecule has 1 aromatic carbocycles. The van der Waals surface area contributed by atoms with E-state index in [1.54, 1.807) is 12.1 Å². The first kappa shape index (κ1) is 11.5. The summed E-state index contributed by atoms with van der Waals surface area (Å²) in [4.78, 5) is 4.12. The van der Waals surface area contributed by atoms with Gasteiger partial charge in [0.2, 0.25) is 0 Å². The molecule has 1 aromatic heterocycles. The molecule has 0 spiro atoms. The molecule has 0 aliphatic carbocycles. The molecular formula is C12H13ClN4. The lowest BCUT2D eigenvalue weighted by atomic mass is 10.2. The summed E-state index contributed by atoms with van der Waals surface area (Å²) in [6, 6.07) is 11.1. The normalized spacial score (nSPS) is 10.2. The molecule has 88 valence electrons. The molecule has 4 nitrogen and oxygen atoms in total. The Morgan fingerprint density at radius 2 is 1.88 bits per heavy atom. The fourth-order valence-corrected chi connectivity index (χ4v) is 1.61. The van der Waals surface area contributed by atoms with Crippen molar-refractivity contribution in [3.63, 3.8) is 0 Å². The lowest BCUT2D eigenvalue weighted by Gasteiger charge is -2.08. The summed E-state index contributed by atoms with van der Waals surface area (Å²) in [5.41, 5.74) is 12.7. The van der Waals surface area contributed by atoms with E-state index in [1.165, 1.54) is 0 Å². The first-order valence-corrected chi connectivity index (χ1v) is 5.54. The SMILES string of the molecule is Nc1ccc(NCc2ccccc2Cl)nc1N. The van der Waals surface area contributed by atoms with E-state index >= 15 is 0 Å². The summed E-state index contributed by atoms with van der Waals surface area (Å²) >= 11 is 6.04. The summed E-state index contributed by atoms with van der Waals surface area (Å²) < 4.78 is 0. The Morgan fingerprint density at radius 3 is 2.59 bits per heavy atom. The van der Waals surface area contributed by atoms with Crippen LogP contribution in [0.1, 0.15) is 5.56 Å². The van der Waals surface area contributed by atoms with E-state index in [4.69, 9.17) is 23.1 Å². The summed E-state index contributed by atoms with van der Waals surface area (Å²) in [6.45, 7) is 0.593. The van der Waals surface area contributed by atoms with Gasteiger partial charge >= 0.3 is 0 Å². The van der Waals surface area contributed by atoms with Crippen molar-refractivity contribution in [1.29, 1.82) is 0 Å². The van der Waals surface area contributed by atoms with E-state index < -0.39 is 0 Å². The van der Waals surface area contributed by atoms with Crippen molar-refractivity contribution in [2.45, 2.75) is 6.54 Å². The van der Waals surface area contributed by atoms with Gasteiger partial charge in [-0.1, -0.05) is 29.8 Å². The molecule has 0 aliphatic rings. The quantitative estimate of drug-likeness (QED) is 0.780. The Balaban J connectivity index is 2.08. The lowest BCUT2D eigenvalue weighted by Crippen LogP contribution is -2.05. The second-order valence-electron chi connectivity index (χ2n) is 3.62. The number of nitrogens with zero attached hydrogens (tertiary/aromatic N) is 1. The molecule has 1 heterocycles. The zero-order valence-electron chi connectivity index (χ0n) is 9.15. The molecule has 2 aromatic rings. The minimum Gasteiger partial charge on any atom is -0.396 e. The maximum absolute atomic E-state index is 6.04. The zero-order chi connectivity index (χ0) is 12.3. The monoisotopic (exact) mass is 248 g/mol. The van der Waals surface area contributed by atoms with E-state index in [1.807, 2.05) is 24.3 Å². The number of nitrogens with one attached hydrogen (secondary N) is 1. The summed E-state index contributed by atoms with van der Waals surface area (Å²) in [5.74, 6) is 1.01. The number of hydrogen-bond donors (Lipinski definition) is 3. The molecule has 5 heteroatoms. The molecule has 0 fully saturated rings. The largest absolute Gasteiger partial charge is 0.396 e. The summed E-state index contributed by atoms with van der Waals surface area (Å²) in [6.07, 6.45) is 0.